The highest BCUT2D eigenvalue weighted by molar-refractivity contribution is 7.99. The fraction of sp³-hybridized carbons (Fsp3) is 0.333. The van der Waals surface area contributed by atoms with E-state index in [1.165, 1.54) is 11.8 Å². The molecule has 0 spiro atoms. The average molecular weight is 325 g/mol. The molecule has 2 aromatic rings. The predicted octanol–water partition coefficient (Wildman–Crippen LogP) is 3.88. The van der Waals surface area contributed by atoms with Crippen molar-refractivity contribution in [1.82, 2.24) is 9.55 Å². The third-order valence-electron chi connectivity index (χ3n) is 2.79. The van der Waals surface area contributed by atoms with Gasteiger partial charge < -0.3 is 4.74 Å². The number of nitrogens with zero attached hydrogens (tertiary/aromatic N) is 2. The number of hydrogen-bond acceptors (Lipinski definition) is 4. The zero-order chi connectivity index (χ0) is 15.4. The predicted molar refractivity (Wildman–Crippen MR) is 85.3 cm³/mol. The first-order valence-electron chi connectivity index (χ1n) is 6.60. The van der Waals surface area contributed by atoms with E-state index in [1.54, 1.807) is 6.20 Å². The van der Waals surface area contributed by atoms with Crippen molar-refractivity contribution < 1.29 is 9.53 Å². The molecular formula is C15H17ClN2O2S. The van der Waals surface area contributed by atoms with Crippen molar-refractivity contribution in [3.8, 4) is 5.69 Å². The number of aromatic nitrogens is 2. The van der Waals surface area contributed by atoms with Gasteiger partial charge in [0.1, 0.15) is 0 Å². The molecule has 0 fully saturated rings. The number of esters is 1. The number of hydrogen-bond donors (Lipinski definition) is 0. The van der Waals surface area contributed by atoms with Crippen LogP contribution < -0.4 is 0 Å². The van der Waals surface area contributed by atoms with Crippen molar-refractivity contribution in [1.29, 1.82) is 0 Å². The molecule has 0 saturated heterocycles. The third-order valence-corrected chi connectivity index (χ3v) is 4.14. The van der Waals surface area contributed by atoms with E-state index in [0.717, 1.165) is 16.4 Å². The van der Waals surface area contributed by atoms with E-state index in [9.17, 15) is 4.79 Å². The summed E-state index contributed by atoms with van der Waals surface area (Å²) in [5, 5.41) is 1.44. The van der Waals surface area contributed by atoms with E-state index < -0.39 is 0 Å². The molecule has 0 aliphatic carbocycles. The summed E-state index contributed by atoms with van der Waals surface area (Å²) in [6, 6.07) is 5.72. The summed E-state index contributed by atoms with van der Waals surface area (Å²) in [7, 11) is 0. The van der Waals surface area contributed by atoms with Crippen molar-refractivity contribution in [3.05, 3.63) is 41.2 Å². The van der Waals surface area contributed by atoms with Gasteiger partial charge in [-0.2, -0.15) is 0 Å². The Morgan fingerprint density at radius 2 is 2.24 bits per heavy atom. The van der Waals surface area contributed by atoms with Gasteiger partial charge in [0, 0.05) is 17.4 Å². The molecule has 0 aliphatic rings. The van der Waals surface area contributed by atoms with Crippen LogP contribution in [0.25, 0.3) is 5.69 Å². The van der Waals surface area contributed by atoms with Crippen LogP contribution in [0.5, 0.6) is 0 Å². The number of carbonyl (C=O) groups excluding carboxylic acids is 1. The fourth-order valence-electron chi connectivity index (χ4n) is 1.86. The van der Waals surface area contributed by atoms with Gasteiger partial charge in [0.2, 0.25) is 0 Å². The third kappa shape index (κ3) is 4.02. The van der Waals surface area contributed by atoms with Gasteiger partial charge in [-0.1, -0.05) is 29.4 Å². The van der Waals surface area contributed by atoms with Gasteiger partial charge >= 0.3 is 5.97 Å². The first kappa shape index (κ1) is 15.9. The average Bonchev–Trinajstić information content (AvgIpc) is 2.87. The van der Waals surface area contributed by atoms with Crippen molar-refractivity contribution >= 4 is 29.3 Å². The molecule has 0 N–H and O–H groups in total. The van der Waals surface area contributed by atoms with Gasteiger partial charge in [-0.25, -0.2) is 4.98 Å². The summed E-state index contributed by atoms with van der Waals surface area (Å²) in [6.07, 6.45) is 3.46. The summed E-state index contributed by atoms with van der Waals surface area (Å²) in [5.41, 5.74) is 1.93. The minimum atomic E-state index is -0.243. The highest BCUT2D eigenvalue weighted by Crippen LogP contribution is 2.26. The molecule has 1 heterocycles. The Bertz CT molecular complexity index is 640. The van der Waals surface area contributed by atoms with Crippen LogP contribution in [0, 0.1) is 6.92 Å². The zero-order valence-corrected chi connectivity index (χ0v) is 13.7. The molecule has 112 valence electrons. The summed E-state index contributed by atoms with van der Waals surface area (Å²) in [5.74, 6) is -0.0122. The molecule has 0 saturated carbocycles. The van der Waals surface area contributed by atoms with Crippen LogP contribution in [0.2, 0.25) is 5.02 Å². The van der Waals surface area contributed by atoms with Crippen molar-refractivity contribution in [2.45, 2.75) is 32.0 Å². The monoisotopic (exact) mass is 324 g/mol. The van der Waals surface area contributed by atoms with Crippen LogP contribution in [0.3, 0.4) is 0 Å². The number of benzene rings is 1. The Morgan fingerprint density at radius 1 is 1.48 bits per heavy atom. The van der Waals surface area contributed by atoms with Crippen LogP contribution in [0.1, 0.15) is 19.4 Å². The lowest BCUT2D eigenvalue weighted by Gasteiger charge is -2.12. The van der Waals surface area contributed by atoms with Crippen LogP contribution >= 0.6 is 23.4 Å². The Balaban J connectivity index is 2.16. The highest BCUT2D eigenvalue weighted by Gasteiger charge is 2.12. The topological polar surface area (TPSA) is 44.1 Å². The number of thioether (sulfide) groups is 1. The molecule has 0 bridgehead atoms. The maximum absolute atomic E-state index is 11.6. The maximum Gasteiger partial charge on any atom is 0.316 e. The van der Waals surface area contributed by atoms with E-state index in [4.69, 9.17) is 16.3 Å². The fourth-order valence-corrected chi connectivity index (χ4v) is 2.78. The standard InChI is InChI=1S/C15H17ClN2O2S/c1-10(2)20-14(19)9-21-15-17-7-8-18(15)13-6-4-5-12(16)11(13)3/h4-8,10H,9H2,1-3H3. The summed E-state index contributed by atoms with van der Waals surface area (Å²) in [6.45, 7) is 5.62. The molecule has 0 unspecified atom stereocenters. The zero-order valence-electron chi connectivity index (χ0n) is 12.2. The Hall–Kier alpha value is -1.46. The first-order valence-corrected chi connectivity index (χ1v) is 7.96. The van der Waals surface area contributed by atoms with E-state index in [-0.39, 0.29) is 17.8 Å². The van der Waals surface area contributed by atoms with Gasteiger partial charge in [-0.05, 0) is 38.5 Å². The van der Waals surface area contributed by atoms with E-state index >= 15 is 0 Å². The molecule has 1 aromatic carbocycles. The normalized spacial score (nSPS) is 10.9. The SMILES string of the molecule is Cc1c(Cl)cccc1-n1ccnc1SCC(=O)OC(C)C. The smallest absolute Gasteiger partial charge is 0.316 e. The minimum Gasteiger partial charge on any atom is -0.462 e. The van der Waals surface area contributed by atoms with Crippen molar-refractivity contribution in [3.63, 3.8) is 0 Å². The van der Waals surface area contributed by atoms with Crippen LogP contribution in [0.15, 0.2) is 35.7 Å². The molecule has 2 rings (SSSR count). The molecule has 21 heavy (non-hydrogen) atoms. The van der Waals surface area contributed by atoms with Gasteiger partial charge in [0.15, 0.2) is 5.16 Å². The lowest BCUT2D eigenvalue weighted by molar-refractivity contribution is -0.144. The largest absolute Gasteiger partial charge is 0.462 e. The van der Waals surface area contributed by atoms with Crippen LogP contribution in [-0.4, -0.2) is 27.4 Å². The number of imidazole rings is 1. The van der Waals surface area contributed by atoms with E-state index in [0.29, 0.717) is 5.02 Å². The van der Waals surface area contributed by atoms with Crippen LogP contribution in [-0.2, 0) is 9.53 Å². The molecule has 0 atom stereocenters. The number of halogens is 1. The molecule has 6 heteroatoms. The lowest BCUT2D eigenvalue weighted by Crippen LogP contribution is -2.13. The molecular weight excluding hydrogens is 308 g/mol. The van der Waals surface area contributed by atoms with Gasteiger partial charge in [-0.15, -0.1) is 0 Å². The van der Waals surface area contributed by atoms with Gasteiger partial charge in [0.05, 0.1) is 17.5 Å². The molecule has 0 radical (unpaired) electrons. The number of ether oxygens (including phenoxy) is 1. The number of carbonyl (C=O) groups is 1. The van der Waals surface area contributed by atoms with E-state index in [1.807, 2.05) is 49.7 Å². The van der Waals surface area contributed by atoms with Gasteiger partial charge in [0.25, 0.3) is 0 Å². The maximum atomic E-state index is 11.6. The first-order chi connectivity index (χ1) is 9.99. The van der Waals surface area contributed by atoms with Crippen molar-refractivity contribution in [2.75, 3.05) is 5.75 Å². The molecule has 0 aliphatic heterocycles. The Morgan fingerprint density at radius 3 is 2.95 bits per heavy atom. The van der Waals surface area contributed by atoms with Crippen LogP contribution in [0.4, 0.5) is 0 Å². The second kappa shape index (κ2) is 7.00. The summed E-state index contributed by atoms with van der Waals surface area (Å²) < 4.78 is 7.04. The quantitative estimate of drug-likeness (QED) is 0.618. The van der Waals surface area contributed by atoms with Crippen molar-refractivity contribution in [2.24, 2.45) is 0 Å². The van der Waals surface area contributed by atoms with E-state index in [2.05, 4.69) is 4.98 Å². The molecule has 4 nitrogen and oxygen atoms in total. The highest BCUT2D eigenvalue weighted by atomic mass is 35.5. The number of rotatable bonds is 5. The lowest BCUT2D eigenvalue weighted by atomic mass is 10.2. The Kier molecular flexibility index (Phi) is 5.31. The second-order valence-corrected chi connectivity index (χ2v) is 6.14. The van der Waals surface area contributed by atoms with Gasteiger partial charge in [-0.3, -0.25) is 9.36 Å². The summed E-state index contributed by atoms with van der Waals surface area (Å²) in [4.78, 5) is 15.9. The molecule has 0 amide bonds. The summed E-state index contributed by atoms with van der Waals surface area (Å²) >= 11 is 7.50. The minimum absolute atomic E-state index is 0.104. The Labute approximate surface area is 133 Å². The second-order valence-electron chi connectivity index (χ2n) is 4.79. The molecule has 1 aromatic heterocycles.